The fraction of sp³-hybridized carbons (Fsp3) is 0.250. The summed E-state index contributed by atoms with van der Waals surface area (Å²) in [5, 5.41) is 5.04. The smallest absolute Gasteiger partial charge is 0.229 e. The van der Waals surface area contributed by atoms with E-state index in [1.165, 1.54) is 31.1 Å². The Morgan fingerprint density at radius 2 is 1.96 bits per heavy atom. The Kier molecular flexibility index (Phi) is 5.58. The van der Waals surface area contributed by atoms with E-state index in [9.17, 15) is 18.8 Å². The van der Waals surface area contributed by atoms with E-state index in [0.717, 1.165) is 6.07 Å². The fourth-order valence-electron chi connectivity index (χ4n) is 3.05. The molecule has 0 aromatic heterocycles. The van der Waals surface area contributed by atoms with Gasteiger partial charge in [-0.1, -0.05) is 6.07 Å². The number of rotatable bonds is 5. The van der Waals surface area contributed by atoms with E-state index in [2.05, 4.69) is 10.6 Å². The molecule has 0 unspecified atom stereocenters. The van der Waals surface area contributed by atoms with Crippen LogP contribution in [-0.4, -0.2) is 31.4 Å². The second kappa shape index (κ2) is 8.08. The van der Waals surface area contributed by atoms with Crippen molar-refractivity contribution in [1.82, 2.24) is 0 Å². The SMILES string of the molecule is COc1cccc(N2C[C@@H](C(=O)Nc3cc(NC(C)=O)ccc3F)CC2=O)c1. The van der Waals surface area contributed by atoms with Gasteiger partial charge >= 0.3 is 0 Å². The van der Waals surface area contributed by atoms with E-state index < -0.39 is 17.6 Å². The number of hydrogen-bond donors (Lipinski definition) is 2. The van der Waals surface area contributed by atoms with Crippen molar-refractivity contribution in [3.63, 3.8) is 0 Å². The van der Waals surface area contributed by atoms with E-state index in [1.54, 1.807) is 24.3 Å². The molecule has 0 radical (unpaired) electrons. The second-order valence-corrected chi connectivity index (χ2v) is 6.47. The maximum atomic E-state index is 14.0. The Hall–Kier alpha value is -3.42. The number of benzene rings is 2. The molecule has 0 saturated carbocycles. The van der Waals surface area contributed by atoms with Crippen molar-refractivity contribution < 1.29 is 23.5 Å². The summed E-state index contributed by atoms with van der Waals surface area (Å²) in [4.78, 5) is 37.6. The molecule has 0 bridgehead atoms. The number of halogens is 1. The van der Waals surface area contributed by atoms with E-state index in [4.69, 9.17) is 4.74 Å². The minimum Gasteiger partial charge on any atom is -0.497 e. The summed E-state index contributed by atoms with van der Waals surface area (Å²) in [5.74, 6) is -1.60. The predicted octanol–water partition coefficient (Wildman–Crippen LogP) is 2.78. The summed E-state index contributed by atoms with van der Waals surface area (Å²) >= 11 is 0. The van der Waals surface area contributed by atoms with Gasteiger partial charge in [-0.15, -0.1) is 0 Å². The van der Waals surface area contributed by atoms with E-state index in [0.29, 0.717) is 17.1 Å². The van der Waals surface area contributed by atoms with Gasteiger partial charge in [0.05, 0.1) is 18.7 Å². The first kappa shape index (κ1) is 19.3. The highest BCUT2D eigenvalue weighted by Crippen LogP contribution is 2.29. The summed E-state index contributed by atoms with van der Waals surface area (Å²) in [6.45, 7) is 1.52. The molecule has 8 heteroatoms. The zero-order valence-corrected chi connectivity index (χ0v) is 15.5. The van der Waals surface area contributed by atoms with Crippen LogP contribution < -0.4 is 20.3 Å². The first-order chi connectivity index (χ1) is 13.4. The van der Waals surface area contributed by atoms with E-state index >= 15 is 0 Å². The van der Waals surface area contributed by atoms with Crippen LogP contribution in [0.25, 0.3) is 0 Å². The molecule has 1 aliphatic heterocycles. The Morgan fingerprint density at radius 1 is 1.18 bits per heavy atom. The number of carbonyl (C=O) groups is 3. The monoisotopic (exact) mass is 385 g/mol. The van der Waals surface area contributed by atoms with Crippen LogP contribution in [-0.2, 0) is 14.4 Å². The number of hydrogen-bond acceptors (Lipinski definition) is 4. The molecule has 1 saturated heterocycles. The molecule has 2 aromatic carbocycles. The maximum Gasteiger partial charge on any atom is 0.229 e. The lowest BCUT2D eigenvalue weighted by Gasteiger charge is -2.17. The Labute approximate surface area is 161 Å². The lowest BCUT2D eigenvalue weighted by Crippen LogP contribution is -2.28. The molecular formula is C20H20FN3O4. The fourth-order valence-corrected chi connectivity index (χ4v) is 3.05. The van der Waals surface area contributed by atoms with Crippen molar-refractivity contribution >= 4 is 34.8 Å². The zero-order chi connectivity index (χ0) is 20.3. The lowest BCUT2D eigenvalue weighted by molar-refractivity contribution is -0.122. The topological polar surface area (TPSA) is 87.7 Å². The third-order valence-corrected chi connectivity index (χ3v) is 4.41. The van der Waals surface area contributed by atoms with Gasteiger partial charge < -0.3 is 20.3 Å². The molecule has 1 heterocycles. The molecule has 3 rings (SSSR count). The number of ether oxygens (including phenoxy) is 1. The standard InChI is InChI=1S/C20H20FN3O4/c1-12(25)22-14-6-7-17(21)18(9-14)23-20(27)13-8-19(26)24(11-13)15-4-3-5-16(10-15)28-2/h3-7,9-10,13H,8,11H2,1-2H3,(H,22,25)(H,23,27)/t13-/m0/s1. The van der Waals surface area contributed by atoms with Gasteiger partial charge in [-0.25, -0.2) is 4.39 Å². The van der Waals surface area contributed by atoms with Gasteiger partial charge in [0.25, 0.3) is 0 Å². The van der Waals surface area contributed by atoms with Crippen LogP contribution in [0, 0.1) is 11.7 Å². The highest BCUT2D eigenvalue weighted by Gasteiger charge is 2.35. The quantitative estimate of drug-likeness (QED) is 0.829. The summed E-state index contributed by atoms with van der Waals surface area (Å²) in [7, 11) is 1.53. The molecular weight excluding hydrogens is 365 g/mol. The zero-order valence-electron chi connectivity index (χ0n) is 15.5. The summed E-state index contributed by atoms with van der Waals surface area (Å²) in [6, 6.07) is 10.9. The van der Waals surface area contributed by atoms with Crippen LogP contribution in [0.15, 0.2) is 42.5 Å². The van der Waals surface area contributed by atoms with E-state index in [1.807, 2.05) is 0 Å². The van der Waals surface area contributed by atoms with Crippen LogP contribution in [0.4, 0.5) is 21.5 Å². The summed E-state index contributed by atoms with van der Waals surface area (Å²) in [5.41, 5.74) is 0.951. The van der Waals surface area contributed by atoms with Crippen LogP contribution in [0.5, 0.6) is 5.75 Å². The third-order valence-electron chi connectivity index (χ3n) is 4.41. The van der Waals surface area contributed by atoms with Crippen molar-refractivity contribution in [3.8, 4) is 5.75 Å². The number of nitrogens with one attached hydrogen (secondary N) is 2. The largest absolute Gasteiger partial charge is 0.497 e. The molecule has 0 aliphatic carbocycles. The Balaban J connectivity index is 1.72. The van der Waals surface area contributed by atoms with Gasteiger partial charge in [0.1, 0.15) is 11.6 Å². The summed E-state index contributed by atoms with van der Waals surface area (Å²) < 4.78 is 19.2. The van der Waals surface area contributed by atoms with Crippen LogP contribution in [0.1, 0.15) is 13.3 Å². The van der Waals surface area contributed by atoms with Crippen molar-refractivity contribution in [3.05, 3.63) is 48.3 Å². The van der Waals surface area contributed by atoms with Crippen LogP contribution >= 0.6 is 0 Å². The van der Waals surface area contributed by atoms with Gasteiger partial charge in [0.15, 0.2) is 0 Å². The number of nitrogens with zero attached hydrogens (tertiary/aromatic N) is 1. The number of anilines is 3. The first-order valence-corrected chi connectivity index (χ1v) is 8.70. The van der Waals surface area contributed by atoms with E-state index in [-0.39, 0.29) is 30.5 Å². The molecule has 7 nitrogen and oxygen atoms in total. The van der Waals surface area contributed by atoms with Gasteiger partial charge in [-0.2, -0.15) is 0 Å². The highest BCUT2D eigenvalue weighted by atomic mass is 19.1. The highest BCUT2D eigenvalue weighted by molar-refractivity contribution is 6.04. The molecule has 1 atom stereocenters. The van der Waals surface area contributed by atoms with Crippen molar-refractivity contribution in [2.75, 3.05) is 29.2 Å². The molecule has 146 valence electrons. The minimum absolute atomic E-state index is 0.0239. The summed E-state index contributed by atoms with van der Waals surface area (Å²) in [6.07, 6.45) is 0.0239. The van der Waals surface area contributed by atoms with Crippen LogP contribution in [0.3, 0.4) is 0 Å². The Bertz CT molecular complexity index is 931. The van der Waals surface area contributed by atoms with Crippen LogP contribution in [0.2, 0.25) is 0 Å². The Morgan fingerprint density at radius 3 is 2.68 bits per heavy atom. The van der Waals surface area contributed by atoms with Gasteiger partial charge in [-0.05, 0) is 30.3 Å². The predicted molar refractivity (Wildman–Crippen MR) is 103 cm³/mol. The second-order valence-electron chi connectivity index (χ2n) is 6.47. The average molecular weight is 385 g/mol. The normalized spacial score (nSPS) is 16.0. The molecule has 3 amide bonds. The number of amides is 3. The molecule has 2 N–H and O–H groups in total. The molecule has 2 aromatic rings. The molecule has 28 heavy (non-hydrogen) atoms. The molecule has 1 aliphatic rings. The van der Waals surface area contributed by atoms with Crippen molar-refractivity contribution in [2.24, 2.45) is 5.92 Å². The minimum atomic E-state index is -0.628. The molecule has 1 fully saturated rings. The van der Waals surface area contributed by atoms with Gasteiger partial charge in [0.2, 0.25) is 17.7 Å². The van der Waals surface area contributed by atoms with Gasteiger partial charge in [0, 0.05) is 37.3 Å². The first-order valence-electron chi connectivity index (χ1n) is 8.70. The van der Waals surface area contributed by atoms with Crippen molar-refractivity contribution in [1.29, 1.82) is 0 Å². The lowest BCUT2D eigenvalue weighted by atomic mass is 10.1. The van der Waals surface area contributed by atoms with Gasteiger partial charge in [-0.3, -0.25) is 14.4 Å². The molecule has 0 spiro atoms. The maximum absolute atomic E-state index is 14.0. The third kappa shape index (κ3) is 4.28. The number of carbonyl (C=O) groups excluding carboxylic acids is 3. The number of methoxy groups -OCH3 is 1. The van der Waals surface area contributed by atoms with Crippen molar-refractivity contribution in [2.45, 2.75) is 13.3 Å². The average Bonchev–Trinajstić information content (AvgIpc) is 3.06.